The highest BCUT2D eigenvalue weighted by molar-refractivity contribution is 6.32. The summed E-state index contributed by atoms with van der Waals surface area (Å²) in [5.74, 6) is 0.285. The van der Waals surface area contributed by atoms with Crippen molar-refractivity contribution in [3.8, 4) is 5.75 Å². The van der Waals surface area contributed by atoms with Crippen molar-refractivity contribution in [3.63, 3.8) is 0 Å². The van der Waals surface area contributed by atoms with E-state index in [9.17, 15) is 4.39 Å². The van der Waals surface area contributed by atoms with Crippen LogP contribution in [-0.2, 0) is 13.2 Å². The fraction of sp³-hybridized carbons (Fsp3) is 0.143. The van der Waals surface area contributed by atoms with E-state index in [-0.39, 0.29) is 12.4 Å². The van der Waals surface area contributed by atoms with Crippen molar-refractivity contribution in [1.82, 2.24) is 0 Å². The van der Waals surface area contributed by atoms with Crippen molar-refractivity contribution in [1.29, 1.82) is 0 Å². The predicted molar refractivity (Wildman–Crippen MR) is 106 cm³/mol. The number of anilines is 1. The Hall–Kier alpha value is -2.23. The fourth-order valence-electron chi connectivity index (χ4n) is 2.47. The molecule has 0 radical (unpaired) electrons. The molecule has 0 atom stereocenters. The Kier molecular flexibility index (Phi) is 6.02. The molecule has 0 aliphatic rings. The summed E-state index contributed by atoms with van der Waals surface area (Å²) in [7, 11) is 0. The van der Waals surface area contributed by atoms with E-state index >= 15 is 0 Å². The van der Waals surface area contributed by atoms with Crippen LogP contribution in [0.5, 0.6) is 5.75 Å². The Balaban J connectivity index is 1.60. The van der Waals surface area contributed by atoms with Gasteiger partial charge < -0.3 is 10.1 Å². The van der Waals surface area contributed by atoms with E-state index < -0.39 is 0 Å². The molecule has 2 nitrogen and oxygen atoms in total. The number of halogens is 3. The normalized spacial score (nSPS) is 10.6. The third-order valence-corrected chi connectivity index (χ3v) is 4.65. The number of hydrogen-bond acceptors (Lipinski definition) is 2. The summed E-state index contributed by atoms with van der Waals surface area (Å²) in [5.41, 5.74) is 3.76. The van der Waals surface area contributed by atoms with E-state index in [0.717, 1.165) is 27.4 Å². The molecule has 3 rings (SSSR count). The molecule has 0 saturated heterocycles. The molecule has 0 saturated carbocycles. The van der Waals surface area contributed by atoms with Crippen LogP contribution in [0.1, 0.15) is 16.7 Å². The molecule has 0 amide bonds. The molecule has 0 unspecified atom stereocenters. The summed E-state index contributed by atoms with van der Waals surface area (Å²) in [6.45, 7) is 2.84. The number of hydrogen-bond donors (Lipinski definition) is 1. The average molecular weight is 390 g/mol. The highest BCUT2D eigenvalue weighted by Gasteiger charge is 2.05. The zero-order chi connectivity index (χ0) is 18.5. The zero-order valence-corrected chi connectivity index (χ0v) is 15.7. The topological polar surface area (TPSA) is 21.3 Å². The van der Waals surface area contributed by atoms with E-state index in [1.165, 1.54) is 12.1 Å². The van der Waals surface area contributed by atoms with Crippen molar-refractivity contribution in [2.45, 2.75) is 20.1 Å². The molecular weight excluding hydrogens is 372 g/mol. The van der Waals surface area contributed by atoms with Crippen molar-refractivity contribution >= 4 is 28.9 Å². The molecule has 3 aromatic rings. The number of nitrogens with one attached hydrogen (secondary N) is 1. The standard InChI is InChI=1S/C21H18Cl2FNO/c1-14-5-7-18(11-19(14)22)25-12-15-6-8-21(20(23)10-15)26-13-16-3-2-4-17(24)9-16/h2-11,25H,12-13H2,1H3. The fourth-order valence-corrected chi connectivity index (χ4v) is 2.90. The number of rotatable bonds is 6. The van der Waals surface area contributed by atoms with Crippen LogP contribution >= 0.6 is 23.2 Å². The molecule has 3 aromatic carbocycles. The minimum atomic E-state index is -0.283. The molecule has 26 heavy (non-hydrogen) atoms. The Morgan fingerprint density at radius 1 is 0.923 bits per heavy atom. The minimum absolute atomic E-state index is 0.261. The van der Waals surface area contributed by atoms with Crippen LogP contribution in [0.15, 0.2) is 60.7 Å². The Morgan fingerprint density at radius 3 is 2.50 bits per heavy atom. The zero-order valence-electron chi connectivity index (χ0n) is 14.2. The molecule has 0 spiro atoms. The highest BCUT2D eigenvalue weighted by atomic mass is 35.5. The van der Waals surface area contributed by atoms with E-state index in [4.69, 9.17) is 27.9 Å². The lowest BCUT2D eigenvalue weighted by atomic mass is 10.2. The van der Waals surface area contributed by atoms with Crippen LogP contribution in [0.25, 0.3) is 0 Å². The van der Waals surface area contributed by atoms with Crippen LogP contribution in [0.2, 0.25) is 10.0 Å². The van der Waals surface area contributed by atoms with Crippen molar-refractivity contribution < 1.29 is 9.13 Å². The van der Waals surface area contributed by atoms with E-state index in [1.807, 2.05) is 49.4 Å². The second-order valence-electron chi connectivity index (χ2n) is 6.00. The summed E-state index contributed by atoms with van der Waals surface area (Å²) in [6, 6.07) is 17.8. The Bertz CT molecular complexity index is 914. The molecule has 0 aromatic heterocycles. The first kappa shape index (κ1) is 18.6. The van der Waals surface area contributed by atoms with Gasteiger partial charge in [-0.1, -0.05) is 47.5 Å². The van der Waals surface area contributed by atoms with Gasteiger partial charge in [0.2, 0.25) is 0 Å². The third kappa shape index (κ3) is 4.90. The van der Waals surface area contributed by atoms with Gasteiger partial charge in [0.05, 0.1) is 5.02 Å². The summed E-state index contributed by atoms with van der Waals surface area (Å²) in [5, 5.41) is 4.56. The molecule has 0 bridgehead atoms. The maximum absolute atomic E-state index is 13.2. The summed E-state index contributed by atoms with van der Waals surface area (Å²) in [6.07, 6.45) is 0. The molecule has 0 fully saturated rings. The molecule has 1 N–H and O–H groups in total. The Labute approximate surface area is 162 Å². The van der Waals surface area contributed by atoms with E-state index in [2.05, 4.69) is 5.32 Å². The van der Waals surface area contributed by atoms with Gasteiger partial charge in [0.25, 0.3) is 0 Å². The maximum atomic E-state index is 13.2. The number of benzene rings is 3. The summed E-state index contributed by atoms with van der Waals surface area (Å²) in [4.78, 5) is 0. The molecular formula is C21H18Cl2FNO. The Morgan fingerprint density at radius 2 is 1.77 bits per heavy atom. The first-order chi connectivity index (χ1) is 12.5. The van der Waals surface area contributed by atoms with E-state index in [1.54, 1.807) is 6.07 Å². The van der Waals surface area contributed by atoms with Crippen molar-refractivity contribution in [2.24, 2.45) is 0 Å². The van der Waals surface area contributed by atoms with Crippen LogP contribution in [0.3, 0.4) is 0 Å². The van der Waals surface area contributed by atoms with E-state index in [0.29, 0.717) is 17.3 Å². The predicted octanol–water partition coefficient (Wildman–Crippen LogP) is 6.63. The van der Waals surface area contributed by atoms with Gasteiger partial charge in [0, 0.05) is 17.3 Å². The maximum Gasteiger partial charge on any atom is 0.138 e. The van der Waals surface area contributed by atoms with Crippen LogP contribution < -0.4 is 10.1 Å². The highest BCUT2D eigenvalue weighted by Crippen LogP contribution is 2.27. The first-order valence-corrected chi connectivity index (χ1v) is 8.92. The first-order valence-electron chi connectivity index (χ1n) is 8.17. The number of aryl methyl sites for hydroxylation is 1. The summed E-state index contributed by atoms with van der Waals surface area (Å²) >= 11 is 12.4. The largest absolute Gasteiger partial charge is 0.487 e. The smallest absolute Gasteiger partial charge is 0.138 e. The van der Waals surface area contributed by atoms with Gasteiger partial charge in [0.15, 0.2) is 0 Å². The average Bonchev–Trinajstić information content (AvgIpc) is 2.62. The van der Waals surface area contributed by atoms with Crippen LogP contribution in [0.4, 0.5) is 10.1 Å². The minimum Gasteiger partial charge on any atom is -0.487 e. The quantitative estimate of drug-likeness (QED) is 0.510. The van der Waals surface area contributed by atoms with Gasteiger partial charge in [-0.2, -0.15) is 0 Å². The molecule has 134 valence electrons. The monoisotopic (exact) mass is 389 g/mol. The second-order valence-corrected chi connectivity index (χ2v) is 6.82. The van der Waals surface area contributed by atoms with Gasteiger partial charge in [0.1, 0.15) is 18.2 Å². The van der Waals surface area contributed by atoms with Crippen molar-refractivity contribution in [2.75, 3.05) is 5.32 Å². The lowest BCUT2D eigenvalue weighted by molar-refractivity contribution is 0.305. The summed E-state index contributed by atoms with van der Waals surface area (Å²) < 4.78 is 18.9. The molecule has 0 heterocycles. The lowest BCUT2D eigenvalue weighted by Crippen LogP contribution is -2.01. The number of ether oxygens (including phenoxy) is 1. The van der Waals surface area contributed by atoms with Crippen LogP contribution in [0, 0.1) is 12.7 Å². The van der Waals surface area contributed by atoms with Gasteiger partial charge >= 0.3 is 0 Å². The van der Waals surface area contributed by atoms with Gasteiger partial charge in [-0.25, -0.2) is 4.39 Å². The van der Waals surface area contributed by atoms with Gasteiger partial charge in [-0.05, 0) is 60.0 Å². The molecule has 0 aliphatic heterocycles. The lowest BCUT2D eigenvalue weighted by Gasteiger charge is -2.11. The molecule has 5 heteroatoms. The van der Waals surface area contributed by atoms with Gasteiger partial charge in [-0.15, -0.1) is 0 Å². The second kappa shape index (κ2) is 8.43. The van der Waals surface area contributed by atoms with Crippen LogP contribution in [-0.4, -0.2) is 0 Å². The third-order valence-electron chi connectivity index (χ3n) is 3.95. The van der Waals surface area contributed by atoms with Gasteiger partial charge in [-0.3, -0.25) is 0 Å². The molecule has 0 aliphatic carbocycles. The van der Waals surface area contributed by atoms with Crippen molar-refractivity contribution in [3.05, 3.63) is 93.2 Å². The SMILES string of the molecule is Cc1ccc(NCc2ccc(OCc3cccc(F)c3)c(Cl)c2)cc1Cl.